The molecule has 0 unspecified atom stereocenters. The van der Waals surface area contributed by atoms with Crippen LogP contribution in [-0.4, -0.2) is 39.4 Å². The number of carbonyl (C=O) groups excluding carboxylic acids is 2. The number of rotatable bonds is 6. The minimum atomic E-state index is -0.714. The van der Waals surface area contributed by atoms with Gasteiger partial charge in [-0.05, 0) is 51.2 Å². The Balaban J connectivity index is 1.52. The van der Waals surface area contributed by atoms with Crippen LogP contribution in [0.3, 0.4) is 0 Å². The summed E-state index contributed by atoms with van der Waals surface area (Å²) in [4.78, 5) is 31.8. The van der Waals surface area contributed by atoms with Crippen molar-refractivity contribution in [1.82, 2.24) is 20.4 Å². The molecule has 36 heavy (non-hydrogen) atoms. The van der Waals surface area contributed by atoms with E-state index in [1.807, 2.05) is 81.4 Å². The van der Waals surface area contributed by atoms with Gasteiger partial charge in [0.15, 0.2) is 5.82 Å². The van der Waals surface area contributed by atoms with E-state index in [1.165, 1.54) is 0 Å². The number of alkyl carbamates (subject to hydrolysis) is 1. The number of hydrogen-bond acceptors (Lipinski definition) is 7. The van der Waals surface area contributed by atoms with Crippen LogP contribution in [0.5, 0.6) is 0 Å². The van der Waals surface area contributed by atoms with Crippen LogP contribution in [0.2, 0.25) is 0 Å². The number of nitrogens with one attached hydrogen (secondary N) is 1. The fraction of sp³-hybridized carbons (Fsp3) is 0.407. The fourth-order valence-electron chi connectivity index (χ4n) is 4.05. The Hall–Kier alpha value is -3.88. The minimum absolute atomic E-state index is 0.135. The van der Waals surface area contributed by atoms with Gasteiger partial charge in [-0.2, -0.15) is 4.98 Å². The third kappa shape index (κ3) is 6.62. The van der Waals surface area contributed by atoms with Crippen molar-refractivity contribution in [1.29, 1.82) is 0 Å². The molecule has 190 valence electrons. The summed E-state index contributed by atoms with van der Waals surface area (Å²) in [5, 5.41) is 7.03. The molecule has 3 aromatic rings. The van der Waals surface area contributed by atoms with E-state index in [-0.39, 0.29) is 18.5 Å². The number of likely N-dealkylation sites (tertiary alicyclic amines) is 1. The topological polar surface area (TPSA) is 107 Å². The van der Waals surface area contributed by atoms with Crippen LogP contribution >= 0.6 is 0 Å². The van der Waals surface area contributed by atoms with Crippen LogP contribution in [0.15, 0.2) is 65.2 Å². The number of aromatic nitrogens is 2. The number of hydrogen-bond donors (Lipinski definition) is 1. The molecule has 4 rings (SSSR count). The van der Waals surface area contributed by atoms with Crippen molar-refractivity contribution in [3.8, 4) is 0 Å². The molecule has 0 bridgehead atoms. The second kappa shape index (κ2) is 11.2. The Morgan fingerprint density at radius 2 is 1.78 bits per heavy atom. The molecular weight excluding hydrogens is 460 g/mol. The Labute approximate surface area is 210 Å². The lowest BCUT2D eigenvalue weighted by molar-refractivity contribution is 0.00820. The third-order valence-corrected chi connectivity index (χ3v) is 5.74. The van der Waals surface area contributed by atoms with E-state index in [2.05, 4.69) is 15.5 Å². The average Bonchev–Trinajstić information content (AvgIpc) is 3.36. The zero-order chi connectivity index (χ0) is 25.5. The minimum Gasteiger partial charge on any atom is -0.445 e. The molecule has 1 aliphatic heterocycles. The normalized spacial score (nSPS) is 16.8. The molecule has 9 heteroatoms. The van der Waals surface area contributed by atoms with Gasteiger partial charge < -0.3 is 19.3 Å². The molecule has 1 aromatic heterocycles. The molecule has 2 aromatic carbocycles. The lowest BCUT2D eigenvalue weighted by Crippen LogP contribution is -2.42. The first kappa shape index (κ1) is 25.2. The van der Waals surface area contributed by atoms with Crippen molar-refractivity contribution >= 4 is 12.2 Å². The van der Waals surface area contributed by atoms with Gasteiger partial charge in [0.25, 0.3) is 5.89 Å². The van der Waals surface area contributed by atoms with Crippen molar-refractivity contribution in [3.63, 3.8) is 0 Å². The molecule has 1 N–H and O–H groups in total. The highest BCUT2D eigenvalue weighted by Gasteiger charge is 2.35. The van der Waals surface area contributed by atoms with E-state index < -0.39 is 23.8 Å². The number of piperidine rings is 1. The Morgan fingerprint density at radius 1 is 1.08 bits per heavy atom. The summed E-state index contributed by atoms with van der Waals surface area (Å²) in [5.74, 6) is 0.596. The summed E-state index contributed by atoms with van der Waals surface area (Å²) in [7, 11) is 0. The zero-order valence-electron chi connectivity index (χ0n) is 20.8. The second-order valence-electron chi connectivity index (χ2n) is 9.73. The molecule has 0 aliphatic carbocycles. The summed E-state index contributed by atoms with van der Waals surface area (Å²) < 4.78 is 16.6. The number of ether oxygens (including phenoxy) is 2. The SMILES string of the molecule is CC(C)(C)OC(=O)N1CCCC[C@H]1c1noc([C@H](NC(=O)OCc2ccccc2)c2ccccc2)n1. The standard InChI is InChI=1S/C27H32N4O5/c1-27(2,3)35-26(33)31-17-11-10-16-21(31)23-29-24(36-30-23)22(20-14-8-5-9-15-20)28-25(32)34-18-19-12-6-4-7-13-19/h4-9,12-15,21-22H,10-11,16-18H2,1-3H3,(H,28,32)/t21-,22+/m0/s1. The van der Waals surface area contributed by atoms with Gasteiger partial charge in [0, 0.05) is 6.54 Å². The van der Waals surface area contributed by atoms with Crippen LogP contribution in [-0.2, 0) is 16.1 Å². The maximum absolute atomic E-state index is 12.8. The number of amides is 2. The van der Waals surface area contributed by atoms with E-state index in [0.717, 1.165) is 24.0 Å². The van der Waals surface area contributed by atoms with Crippen LogP contribution in [0.1, 0.15) is 75.0 Å². The van der Waals surface area contributed by atoms with Gasteiger partial charge in [0.05, 0.1) is 6.04 Å². The number of carbonyl (C=O) groups is 2. The van der Waals surface area contributed by atoms with Gasteiger partial charge in [-0.15, -0.1) is 0 Å². The van der Waals surface area contributed by atoms with Crippen LogP contribution in [0.4, 0.5) is 9.59 Å². The maximum Gasteiger partial charge on any atom is 0.410 e. The summed E-state index contributed by atoms with van der Waals surface area (Å²) in [6.07, 6.45) is 1.49. The highest BCUT2D eigenvalue weighted by Crippen LogP contribution is 2.32. The summed E-state index contributed by atoms with van der Waals surface area (Å²) in [5.41, 5.74) is 1.03. The first-order chi connectivity index (χ1) is 17.3. The van der Waals surface area contributed by atoms with E-state index >= 15 is 0 Å². The second-order valence-corrected chi connectivity index (χ2v) is 9.73. The molecule has 0 spiro atoms. The van der Waals surface area contributed by atoms with Gasteiger partial charge >= 0.3 is 12.2 Å². The lowest BCUT2D eigenvalue weighted by atomic mass is 10.0. The quantitative estimate of drug-likeness (QED) is 0.481. The van der Waals surface area contributed by atoms with E-state index in [1.54, 1.807) is 4.90 Å². The Morgan fingerprint density at radius 3 is 2.47 bits per heavy atom. The van der Waals surface area contributed by atoms with Crippen LogP contribution in [0.25, 0.3) is 0 Å². The number of nitrogens with zero attached hydrogens (tertiary/aromatic N) is 3. The zero-order valence-corrected chi connectivity index (χ0v) is 20.8. The predicted octanol–water partition coefficient (Wildman–Crippen LogP) is 5.55. The van der Waals surface area contributed by atoms with Gasteiger partial charge in [-0.3, -0.25) is 4.90 Å². The smallest absolute Gasteiger partial charge is 0.410 e. The largest absolute Gasteiger partial charge is 0.445 e. The van der Waals surface area contributed by atoms with Crippen molar-refractivity contribution in [2.45, 2.75) is 64.3 Å². The molecule has 2 amide bonds. The highest BCUT2D eigenvalue weighted by atomic mass is 16.6. The molecule has 0 saturated carbocycles. The average molecular weight is 493 g/mol. The van der Waals surface area contributed by atoms with E-state index in [4.69, 9.17) is 14.0 Å². The first-order valence-electron chi connectivity index (χ1n) is 12.2. The molecule has 9 nitrogen and oxygen atoms in total. The monoisotopic (exact) mass is 492 g/mol. The predicted molar refractivity (Wildman–Crippen MR) is 132 cm³/mol. The summed E-state index contributed by atoms with van der Waals surface area (Å²) in [6, 6.07) is 17.7. The van der Waals surface area contributed by atoms with Crippen molar-refractivity contribution in [2.75, 3.05) is 6.54 Å². The molecule has 1 fully saturated rings. The summed E-state index contributed by atoms with van der Waals surface area (Å²) >= 11 is 0. The van der Waals surface area contributed by atoms with E-state index in [0.29, 0.717) is 18.8 Å². The van der Waals surface area contributed by atoms with Gasteiger partial charge in [-0.25, -0.2) is 9.59 Å². The highest BCUT2D eigenvalue weighted by molar-refractivity contribution is 5.69. The van der Waals surface area contributed by atoms with Crippen LogP contribution < -0.4 is 5.32 Å². The molecule has 0 radical (unpaired) electrons. The Bertz CT molecular complexity index is 1140. The Kier molecular flexibility index (Phi) is 7.87. The van der Waals surface area contributed by atoms with Gasteiger partial charge in [0.2, 0.25) is 0 Å². The van der Waals surface area contributed by atoms with E-state index in [9.17, 15) is 9.59 Å². The molecule has 1 aliphatic rings. The molecule has 2 atom stereocenters. The third-order valence-electron chi connectivity index (χ3n) is 5.74. The first-order valence-corrected chi connectivity index (χ1v) is 12.2. The molecular formula is C27H32N4O5. The van der Waals surface area contributed by atoms with Crippen molar-refractivity contribution < 1.29 is 23.6 Å². The number of benzene rings is 2. The van der Waals surface area contributed by atoms with Crippen molar-refractivity contribution in [2.24, 2.45) is 0 Å². The molecule has 1 saturated heterocycles. The van der Waals surface area contributed by atoms with Crippen molar-refractivity contribution in [3.05, 3.63) is 83.5 Å². The van der Waals surface area contributed by atoms with Crippen LogP contribution in [0, 0.1) is 0 Å². The van der Waals surface area contributed by atoms with Gasteiger partial charge in [0.1, 0.15) is 18.2 Å². The maximum atomic E-state index is 12.8. The molecule has 2 heterocycles. The summed E-state index contributed by atoms with van der Waals surface area (Å²) in [6.45, 7) is 6.20. The fourth-order valence-corrected chi connectivity index (χ4v) is 4.05. The lowest BCUT2D eigenvalue weighted by Gasteiger charge is -2.35. The van der Waals surface area contributed by atoms with Gasteiger partial charge in [-0.1, -0.05) is 65.8 Å².